The van der Waals surface area contributed by atoms with E-state index in [1.54, 1.807) is 52.6 Å². The number of thiophene rings is 1. The molecule has 0 unspecified atom stereocenters. The van der Waals surface area contributed by atoms with Crippen molar-refractivity contribution in [1.29, 1.82) is 0 Å². The molecule has 0 spiro atoms. The topological polar surface area (TPSA) is 43.6 Å². The quantitative estimate of drug-likeness (QED) is 0.446. The van der Waals surface area contributed by atoms with Crippen molar-refractivity contribution in [2.24, 2.45) is 7.05 Å². The number of rotatable bonds is 5. The molecule has 0 atom stereocenters. The van der Waals surface area contributed by atoms with E-state index in [1.807, 2.05) is 11.6 Å². The van der Waals surface area contributed by atoms with Crippen LogP contribution in [0.15, 0.2) is 51.6 Å². The Hall–Kier alpha value is -2.03. The van der Waals surface area contributed by atoms with E-state index in [9.17, 15) is 4.39 Å². The average Bonchev–Trinajstić information content (AvgIpc) is 3.35. The lowest BCUT2D eigenvalue weighted by molar-refractivity contribution is 0.628. The second-order valence-corrected chi connectivity index (χ2v) is 7.87. The highest BCUT2D eigenvalue weighted by Gasteiger charge is 2.15. The number of aromatic nitrogens is 4. The first-order chi connectivity index (χ1) is 12.2. The molecule has 4 rings (SSSR count). The van der Waals surface area contributed by atoms with Crippen LogP contribution in [0, 0.1) is 5.82 Å². The van der Waals surface area contributed by atoms with E-state index >= 15 is 0 Å². The summed E-state index contributed by atoms with van der Waals surface area (Å²) in [6, 6.07) is 8.67. The molecule has 126 valence electrons. The fourth-order valence-electron chi connectivity index (χ4n) is 2.35. The van der Waals surface area contributed by atoms with Gasteiger partial charge in [0.15, 0.2) is 11.0 Å². The predicted molar refractivity (Wildman–Crippen MR) is 101 cm³/mol. The lowest BCUT2D eigenvalue weighted by Gasteiger charge is -2.04. The maximum Gasteiger partial charge on any atom is 0.191 e. The molecule has 3 aromatic heterocycles. The second kappa shape index (κ2) is 7.07. The Morgan fingerprint density at radius 3 is 2.84 bits per heavy atom. The number of nitrogens with zero attached hydrogens (tertiary/aromatic N) is 4. The van der Waals surface area contributed by atoms with Crippen LogP contribution in [-0.2, 0) is 12.8 Å². The molecule has 0 bridgehead atoms. The van der Waals surface area contributed by atoms with Gasteiger partial charge in [-0.2, -0.15) is 11.3 Å². The molecule has 0 aliphatic carbocycles. The summed E-state index contributed by atoms with van der Waals surface area (Å²) in [4.78, 5) is 4.66. The molecule has 0 radical (unpaired) electrons. The average molecular weight is 389 g/mol. The Morgan fingerprint density at radius 1 is 1.16 bits per heavy atom. The number of hydrogen-bond donors (Lipinski definition) is 0. The fourth-order valence-corrected chi connectivity index (χ4v) is 4.79. The molecular formula is C17H13FN4S3. The second-order valence-electron chi connectivity index (χ2n) is 5.29. The van der Waals surface area contributed by atoms with E-state index in [-0.39, 0.29) is 5.82 Å². The van der Waals surface area contributed by atoms with Gasteiger partial charge in [0.2, 0.25) is 0 Å². The summed E-state index contributed by atoms with van der Waals surface area (Å²) in [5, 5.41) is 16.3. The number of benzene rings is 1. The van der Waals surface area contributed by atoms with Gasteiger partial charge in [0.05, 0.1) is 11.3 Å². The zero-order valence-electron chi connectivity index (χ0n) is 13.2. The molecule has 0 aliphatic rings. The third-order valence-electron chi connectivity index (χ3n) is 3.62. The lowest BCUT2D eigenvalue weighted by Crippen LogP contribution is -1.96. The predicted octanol–water partition coefficient (Wildman–Crippen LogP) is 5.10. The van der Waals surface area contributed by atoms with Crippen molar-refractivity contribution in [1.82, 2.24) is 19.7 Å². The largest absolute Gasteiger partial charge is 0.305 e. The first-order valence-electron chi connectivity index (χ1n) is 7.46. The molecule has 4 aromatic rings. The van der Waals surface area contributed by atoms with Gasteiger partial charge in [-0.15, -0.1) is 21.5 Å². The van der Waals surface area contributed by atoms with Crippen molar-refractivity contribution >= 4 is 34.4 Å². The van der Waals surface area contributed by atoms with Gasteiger partial charge in [0.25, 0.3) is 0 Å². The number of halogens is 1. The Labute approximate surface area is 156 Å². The molecule has 4 nitrogen and oxygen atoms in total. The van der Waals surface area contributed by atoms with E-state index in [4.69, 9.17) is 0 Å². The molecule has 0 saturated heterocycles. The van der Waals surface area contributed by atoms with Crippen LogP contribution in [0.5, 0.6) is 0 Å². The Kier molecular flexibility index (Phi) is 4.65. The minimum absolute atomic E-state index is 0.297. The molecule has 0 fully saturated rings. The molecule has 25 heavy (non-hydrogen) atoms. The van der Waals surface area contributed by atoms with Crippen molar-refractivity contribution in [3.63, 3.8) is 0 Å². The summed E-state index contributed by atoms with van der Waals surface area (Å²) in [7, 11) is 1.85. The number of thiazole rings is 1. The molecule has 8 heteroatoms. The molecule has 0 saturated carbocycles. The zero-order valence-corrected chi connectivity index (χ0v) is 15.7. The van der Waals surface area contributed by atoms with Gasteiger partial charge in [0, 0.05) is 29.1 Å². The molecule has 0 N–H and O–H groups in total. The molecule has 1 aromatic carbocycles. The van der Waals surface area contributed by atoms with Gasteiger partial charge in [-0.05, 0) is 23.6 Å². The van der Waals surface area contributed by atoms with Gasteiger partial charge in [-0.25, -0.2) is 9.37 Å². The minimum atomic E-state index is -0.297. The number of hydrogen-bond acceptors (Lipinski definition) is 6. The van der Waals surface area contributed by atoms with E-state index in [0.717, 1.165) is 21.4 Å². The van der Waals surface area contributed by atoms with Gasteiger partial charge in [-0.3, -0.25) is 0 Å². The Balaban J connectivity index is 1.50. The van der Waals surface area contributed by atoms with Crippen LogP contribution in [0.1, 0.15) is 5.69 Å². The third-order valence-corrected chi connectivity index (χ3v) is 6.30. The SMILES string of the molecule is Cn1c(SCc2csc(-c3ccsc3)n2)nnc1-c1ccccc1F. The highest BCUT2D eigenvalue weighted by molar-refractivity contribution is 7.98. The molecule has 0 aliphatic heterocycles. The monoisotopic (exact) mass is 388 g/mol. The zero-order chi connectivity index (χ0) is 17.2. The van der Waals surface area contributed by atoms with E-state index < -0.39 is 0 Å². The highest BCUT2D eigenvalue weighted by atomic mass is 32.2. The first-order valence-corrected chi connectivity index (χ1v) is 10.3. The van der Waals surface area contributed by atoms with Gasteiger partial charge < -0.3 is 4.57 Å². The summed E-state index contributed by atoms with van der Waals surface area (Å²) in [6.07, 6.45) is 0. The summed E-state index contributed by atoms with van der Waals surface area (Å²) in [6.45, 7) is 0. The van der Waals surface area contributed by atoms with Crippen LogP contribution in [0.3, 0.4) is 0 Å². The Bertz CT molecular complexity index is 991. The maximum atomic E-state index is 14.0. The molecular weight excluding hydrogens is 375 g/mol. The van der Waals surface area contributed by atoms with Crippen LogP contribution < -0.4 is 0 Å². The molecule has 0 amide bonds. The standard InChI is InChI=1S/C17H13FN4S3/c1-22-15(13-4-2-3-5-14(13)18)20-21-17(22)25-10-12-9-24-16(19-12)11-6-7-23-8-11/h2-9H,10H2,1H3. The summed E-state index contributed by atoms with van der Waals surface area (Å²) in [5.74, 6) is 0.927. The van der Waals surface area contributed by atoms with Crippen LogP contribution in [-0.4, -0.2) is 19.7 Å². The van der Waals surface area contributed by atoms with E-state index in [1.165, 1.54) is 6.07 Å². The van der Waals surface area contributed by atoms with Crippen molar-refractivity contribution in [2.75, 3.05) is 0 Å². The van der Waals surface area contributed by atoms with Crippen LogP contribution in [0.4, 0.5) is 4.39 Å². The minimum Gasteiger partial charge on any atom is -0.305 e. The lowest BCUT2D eigenvalue weighted by atomic mass is 10.2. The summed E-state index contributed by atoms with van der Waals surface area (Å²) < 4.78 is 15.8. The van der Waals surface area contributed by atoms with Crippen LogP contribution in [0.2, 0.25) is 0 Å². The van der Waals surface area contributed by atoms with E-state index in [2.05, 4.69) is 37.4 Å². The fraction of sp³-hybridized carbons (Fsp3) is 0.118. The van der Waals surface area contributed by atoms with Gasteiger partial charge >= 0.3 is 0 Å². The summed E-state index contributed by atoms with van der Waals surface area (Å²) in [5.41, 5.74) is 2.62. The number of thioether (sulfide) groups is 1. The Morgan fingerprint density at radius 2 is 2.04 bits per heavy atom. The first kappa shape index (κ1) is 16.4. The van der Waals surface area contributed by atoms with Crippen molar-refractivity contribution < 1.29 is 4.39 Å². The maximum absolute atomic E-state index is 14.0. The van der Waals surface area contributed by atoms with Crippen LogP contribution in [0.25, 0.3) is 22.0 Å². The van der Waals surface area contributed by atoms with Crippen molar-refractivity contribution in [3.05, 3.63) is 58.0 Å². The van der Waals surface area contributed by atoms with Gasteiger partial charge in [0.1, 0.15) is 10.8 Å². The van der Waals surface area contributed by atoms with Crippen molar-refractivity contribution in [3.8, 4) is 22.0 Å². The summed E-state index contributed by atoms with van der Waals surface area (Å²) >= 11 is 4.85. The normalized spacial score (nSPS) is 11.1. The van der Waals surface area contributed by atoms with E-state index in [0.29, 0.717) is 17.1 Å². The van der Waals surface area contributed by atoms with Crippen molar-refractivity contribution in [2.45, 2.75) is 10.9 Å². The van der Waals surface area contributed by atoms with Gasteiger partial charge in [-0.1, -0.05) is 23.9 Å². The van der Waals surface area contributed by atoms with Crippen LogP contribution >= 0.6 is 34.4 Å². The highest BCUT2D eigenvalue weighted by Crippen LogP contribution is 2.30. The third kappa shape index (κ3) is 3.37. The molecule has 3 heterocycles. The smallest absolute Gasteiger partial charge is 0.191 e.